The summed E-state index contributed by atoms with van der Waals surface area (Å²) in [5.74, 6) is 1.09. The van der Waals surface area contributed by atoms with Crippen LogP contribution >= 0.6 is 11.6 Å². The lowest BCUT2D eigenvalue weighted by Gasteiger charge is -2.39. The van der Waals surface area contributed by atoms with Gasteiger partial charge in [0, 0.05) is 17.7 Å². The van der Waals surface area contributed by atoms with Crippen LogP contribution in [-0.2, 0) is 0 Å². The number of rotatable bonds is 3. The van der Waals surface area contributed by atoms with E-state index in [1.807, 2.05) is 6.07 Å². The van der Waals surface area contributed by atoms with Crippen molar-refractivity contribution in [1.29, 1.82) is 0 Å². The standard InChI is InChI=1S/C21H21ClN2O2/c1-12(2)14-5-3-8-17-15-6-4-7-16(15)20(23-21(14)17)13-9-10-18(22)19(11-13)24(25)26/h3-6,8-12,15-16,20,23H,7H2,1-2H3. The van der Waals surface area contributed by atoms with E-state index in [1.165, 1.54) is 16.8 Å². The lowest BCUT2D eigenvalue weighted by Crippen LogP contribution is -2.30. The number of nitrogens with zero attached hydrogens (tertiary/aromatic N) is 1. The van der Waals surface area contributed by atoms with E-state index in [0.717, 1.165) is 12.0 Å². The molecule has 0 saturated carbocycles. The summed E-state index contributed by atoms with van der Waals surface area (Å²) in [5, 5.41) is 15.2. The molecular formula is C21H21ClN2O2. The predicted octanol–water partition coefficient (Wildman–Crippen LogP) is 6.20. The molecule has 0 amide bonds. The summed E-state index contributed by atoms with van der Waals surface area (Å²) in [4.78, 5) is 10.9. The molecule has 1 aliphatic heterocycles. The van der Waals surface area contributed by atoms with Gasteiger partial charge in [0.2, 0.25) is 0 Å². The van der Waals surface area contributed by atoms with E-state index in [9.17, 15) is 10.1 Å². The summed E-state index contributed by atoms with van der Waals surface area (Å²) < 4.78 is 0. The highest BCUT2D eigenvalue weighted by Gasteiger charge is 2.39. The first-order chi connectivity index (χ1) is 12.5. The van der Waals surface area contributed by atoms with Crippen LogP contribution in [0.5, 0.6) is 0 Å². The number of nitro groups is 1. The molecule has 3 unspecified atom stereocenters. The number of nitrogens with one attached hydrogen (secondary N) is 1. The van der Waals surface area contributed by atoms with Crippen LogP contribution in [0, 0.1) is 16.0 Å². The lowest BCUT2D eigenvalue weighted by molar-refractivity contribution is -0.384. The minimum Gasteiger partial charge on any atom is -0.377 e. The summed E-state index contributed by atoms with van der Waals surface area (Å²) in [6, 6.07) is 11.7. The molecule has 26 heavy (non-hydrogen) atoms. The Morgan fingerprint density at radius 2 is 2.08 bits per heavy atom. The number of anilines is 1. The smallest absolute Gasteiger partial charge is 0.288 e. The molecule has 1 heterocycles. The van der Waals surface area contributed by atoms with Crippen molar-refractivity contribution in [3.05, 3.63) is 80.4 Å². The van der Waals surface area contributed by atoms with Gasteiger partial charge in [-0.05, 0) is 41.0 Å². The van der Waals surface area contributed by atoms with Gasteiger partial charge in [0.25, 0.3) is 5.69 Å². The van der Waals surface area contributed by atoms with Gasteiger partial charge in [-0.3, -0.25) is 10.1 Å². The van der Waals surface area contributed by atoms with Gasteiger partial charge in [-0.15, -0.1) is 0 Å². The normalized spacial score (nSPS) is 23.5. The molecule has 1 N–H and O–H groups in total. The van der Waals surface area contributed by atoms with Gasteiger partial charge in [-0.25, -0.2) is 0 Å². The Hall–Kier alpha value is -2.33. The molecule has 2 aliphatic rings. The van der Waals surface area contributed by atoms with Gasteiger partial charge in [-0.2, -0.15) is 0 Å². The Labute approximate surface area is 158 Å². The Kier molecular flexibility index (Phi) is 4.23. The van der Waals surface area contributed by atoms with Crippen LogP contribution in [-0.4, -0.2) is 4.92 Å². The fourth-order valence-electron chi connectivity index (χ4n) is 4.32. The number of allylic oxidation sites excluding steroid dienone is 2. The summed E-state index contributed by atoms with van der Waals surface area (Å²) in [6.07, 6.45) is 5.47. The second kappa shape index (κ2) is 6.44. The third-order valence-electron chi connectivity index (χ3n) is 5.58. The van der Waals surface area contributed by atoms with Gasteiger partial charge in [0.05, 0.1) is 11.0 Å². The average Bonchev–Trinajstić information content (AvgIpc) is 3.10. The third-order valence-corrected chi connectivity index (χ3v) is 5.90. The zero-order chi connectivity index (χ0) is 18.4. The first-order valence-electron chi connectivity index (χ1n) is 8.97. The van der Waals surface area contributed by atoms with Gasteiger partial charge in [0.15, 0.2) is 0 Å². The maximum Gasteiger partial charge on any atom is 0.288 e. The number of para-hydroxylation sites is 1. The Bertz CT molecular complexity index is 907. The van der Waals surface area contributed by atoms with Crippen molar-refractivity contribution in [3.63, 3.8) is 0 Å². The van der Waals surface area contributed by atoms with E-state index in [-0.39, 0.29) is 16.8 Å². The Morgan fingerprint density at radius 1 is 1.27 bits per heavy atom. The molecule has 5 heteroatoms. The fraction of sp³-hybridized carbons (Fsp3) is 0.333. The molecule has 2 aromatic rings. The van der Waals surface area contributed by atoms with E-state index >= 15 is 0 Å². The van der Waals surface area contributed by atoms with Crippen LogP contribution in [0.2, 0.25) is 5.02 Å². The third kappa shape index (κ3) is 2.69. The van der Waals surface area contributed by atoms with Crippen LogP contribution in [0.25, 0.3) is 0 Å². The van der Waals surface area contributed by atoms with Crippen molar-refractivity contribution in [2.24, 2.45) is 5.92 Å². The molecule has 0 aromatic heterocycles. The summed E-state index contributed by atoms with van der Waals surface area (Å²) in [5.41, 5.74) is 4.68. The van der Waals surface area contributed by atoms with Gasteiger partial charge in [0.1, 0.15) is 5.02 Å². The van der Waals surface area contributed by atoms with Crippen molar-refractivity contribution in [2.45, 2.75) is 38.1 Å². The van der Waals surface area contributed by atoms with E-state index in [4.69, 9.17) is 11.6 Å². The molecule has 134 valence electrons. The molecule has 0 saturated heterocycles. The number of fused-ring (bicyclic) bond motifs is 3. The maximum atomic E-state index is 11.3. The second-order valence-electron chi connectivity index (χ2n) is 7.41. The highest BCUT2D eigenvalue weighted by atomic mass is 35.5. The highest BCUT2D eigenvalue weighted by molar-refractivity contribution is 6.32. The molecular weight excluding hydrogens is 348 g/mol. The van der Waals surface area contributed by atoms with Crippen LogP contribution in [0.4, 0.5) is 11.4 Å². The van der Waals surface area contributed by atoms with Crippen molar-refractivity contribution in [1.82, 2.24) is 0 Å². The number of halogens is 1. The van der Waals surface area contributed by atoms with Crippen LogP contribution in [0.1, 0.15) is 54.8 Å². The molecule has 0 spiro atoms. The average molecular weight is 369 g/mol. The van der Waals surface area contributed by atoms with Gasteiger partial charge < -0.3 is 5.32 Å². The van der Waals surface area contributed by atoms with Crippen LogP contribution in [0.15, 0.2) is 48.6 Å². The summed E-state index contributed by atoms with van der Waals surface area (Å²) in [7, 11) is 0. The summed E-state index contributed by atoms with van der Waals surface area (Å²) in [6.45, 7) is 4.38. The van der Waals surface area contributed by atoms with Gasteiger partial charge in [-0.1, -0.05) is 61.9 Å². The largest absolute Gasteiger partial charge is 0.377 e. The molecule has 2 aromatic carbocycles. The number of hydrogen-bond acceptors (Lipinski definition) is 3. The first-order valence-corrected chi connectivity index (χ1v) is 9.35. The molecule has 0 bridgehead atoms. The number of hydrogen-bond donors (Lipinski definition) is 1. The van der Waals surface area contributed by atoms with Gasteiger partial charge >= 0.3 is 0 Å². The Balaban J connectivity index is 1.82. The zero-order valence-electron chi connectivity index (χ0n) is 14.8. The fourth-order valence-corrected chi connectivity index (χ4v) is 4.51. The van der Waals surface area contributed by atoms with E-state index in [1.54, 1.807) is 12.1 Å². The van der Waals surface area contributed by atoms with E-state index in [0.29, 0.717) is 17.8 Å². The second-order valence-corrected chi connectivity index (χ2v) is 7.82. The highest BCUT2D eigenvalue weighted by Crippen LogP contribution is 2.51. The van der Waals surface area contributed by atoms with Crippen LogP contribution in [0.3, 0.4) is 0 Å². The molecule has 4 rings (SSSR count). The van der Waals surface area contributed by atoms with Crippen molar-refractivity contribution in [3.8, 4) is 0 Å². The molecule has 0 fully saturated rings. The number of nitro benzene ring substituents is 1. The van der Waals surface area contributed by atoms with Crippen molar-refractivity contribution in [2.75, 3.05) is 5.32 Å². The monoisotopic (exact) mass is 368 g/mol. The topological polar surface area (TPSA) is 55.2 Å². The Morgan fingerprint density at radius 3 is 2.81 bits per heavy atom. The predicted molar refractivity (Wildman–Crippen MR) is 105 cm³/mol. The lowest BCUT2D eigenvalue weighted by atomic mass is 9.75. The van der Waals surface area contributed by atoms with Crippen molar-refractivity contribution < 1.29 is 4.92 Å². The molecule has 0 radical (unpaired) electrons. The van der Waals surface area contributed by atoms with Crippen LogP contribution < -0.4 is 5.32 Å². The number of benzene rings is 2. The van der Waals surface area contributed by atoms with Crippen molar-refractivity contribution >= 4 is 23.0 Å². The van der Waals surface area contributed by atoms with E-state index in [2.05, 4.69) is 49.5 Å². The maximum absolute atomic E-state index is 11.3. The molecule has 3 atom stereocenters. The minimum atomic E-state index is -0.410. The molecule has 4 nitrogen and oxygen atoms in total. The molecule has 1 aliphatic carbocycles. The minimum absolute atomic E-state index is 0.0263. The summed E-state index contributed by atoms with van der Waals surface area (Å²) >= 11 is 6.01. The first kappa shape index (κ1) is 17.1. The zero-order valence-corrected chi connectivity index (χ0v) is 15.5. The van der Waals surface area contributed by atoms with E-state index < -0.39 is 4.92 Å². The quantitative estimate of drug-likeness (QED) is 0.398. The SMILES string of the molecule is CC(C)c1cccc2c1NC(c1ccc(Cl)c([N+](=O)[O-])c1)C1CC=CC21.